The fourth-order valence-corrected chi connectivity index (χ4v) is 2.41. The van der Waals surface area contributed by atoms with E-state index < -0.39 is 0 Å². The molecule has 1 heterocycles. The van der Waals surface area contributed by atoms with Crippen LogP contribution in [-0.2, 0) is 17.9 Å². The van der Waals surface area contributed by atoms with Crippen molar-refractivity contribution in [3.05, 3.63) is 36.0 Å². The van der Waals surface area contributed by atoms with Gasteiger partial charge in [0.25, 0.3) is 0 Å². The lowest BCUT2D eigenvalue weighted by Crippen LogP contribution is -2.21. The van der Waals surface area contributed by atoms with E-state index in [0.717, 1.165) is 19.5 Å². The maximum Gasteiger partial charge on any atom is 0.219 e. The van der Waals surface area contributed by atoms with Gasteiger partial charge in [0.05, 0.1) is 0 Å². The average molecular weight is 287 g/mol. The molecule has 0 aliphatic carbocycles. The molecule has 0 saturated carbocycles. The van der Waals surface area contributed by atoms with Crippen LogP contribution in [0, 0.1) is 0 Å². The fourth-order valence-electron chi connectivity index (χ4n) is 2.41. The second-order valence-electron chi connectivity index (χ2n) is 5.71. The molecule has 1 aromatic carbocycles. The van der Waals surface area contributed by atoms with Gasteiger partial charge in [0.1, 0.15) is 0 Å². The summed E-state index contributed by atoms with van der Waals surface area (Å²) in [4.78, 5) is 11.2. The molecular formula is C17H25N3O. The van der Waals surface area contributed by atoms with Crippen LogP contribution in [0.2, 0.25) is 0 Å². The van der Waals surface area contributed by atoms with Gasteiger partial charge in [0.15, 0.2) is 0 Å². The number of amides is 1. The summed E-state index contributed by atoms with van der Waals surface area (Å²) in [7, 11) is 1.68. The summed E-state index contributed by atoms with van der Waals surface area (Å²) in [6.45, 7) is 6.08. The molecule has 4 nitrogen and oxygen atoms in total. The molecule has 0 bridgehead atoms. The molecule has 0 saturated heterocycles. The maximum absolute atomic E-state index is 11.2. The number of aryl methyl sites for hydroxylation is 1. The monoisotopic (exact) mass is 287 g/mol. The zero-order valence-corrected chi connectivity index (χ0v) is 13.1. The first kappa shape index (κ1) is 15.6. The third-order valence-corrected chi connectivity index (χ3v) is 3.63. The van der Waals surface area contributed by atoms with Crippen LogP contribution >= 0.6 is 0 Å². The minimum absolute atomic E-state index is 0.105. The fraction of sp³-hybridized carbons (Fsp3) is 0.471. The van der Waals surface area contributed by atoms with Crippen LogP contribution in [0.3, 0.4) is 0 Å². The SMILES string of the molecule is CNC(=O)CCCn1ccc2cc(CNC(C)C)ccc21. The summed E-state index contributed by atoms with van der Waals surface area (Å²) in [6, 6.07) is 9.23. The van der Waals surface area contributed by atoms with E-state index >= 15 is 0 Å². The highest BCUT2D eigenvalue weighted by Crippen LogP contribution is 2.18. The second kappa shape index (κ2) is 7.27. The van der Waals surface area contributed by atoms with Gasteiger partial charge >= 0.3 is 0 Å². The Hall–Kier alpha value is -1.81. The van der Waals surface area contributed by atoms with Gasteiger partial charge in [0, 0.05) is 44.3 Å². The number of fused-ring (bicyclic) bond motifs is 1. The summed E-state index contributed by atoms with van der Waals surface area (Å²) in [6.07, 6.45) is 3.54. The minimum atomic E-state index is 0.105. The van der Waals surface area contributed by atoms with Crippen LogP contribution in [0.15, 0.2) is 30.5 Å². The lowest BCUT2D eigenvalue weighted by Gasteiger charge is -2.09. The predicted molar refractivity (Wildman–Crippen MR) is 87.2 cm³/mol. The van der Waals surface area contributed by atoms with Crippen molar-refractivity contribution < 1.29 is 4.79 Å². The number of rotatable bonds is 7. The number of nitrogens with one attached hydrogen (secondary N) is 2. The largest absolute Gasteiger partial charge is 0.359 e. The molecule has 0 spiro atoms. The van der Waals surface area contributed by atoms with Crippen molar-refractivity contribution in [2.45, 2.75) is 45.8 Å². The first-order valence-electron chi connectivity index (χ1n) is 7.62. The normalized spacial score (nSPS) is 11.2. The van der Waals surface area contributed by atoms with Crippen molar-refractivity contribution in [2.75, 3.05) is 7.05 Å². The number of carbonyl (C=O) groups is 1. The molecule has 0 aliphatic heterocycles. The molecule has 2 rings (SSSR count). The number of hydrogen-bond donors (Lipinski definition) is 2. The quantitative estimate of drug-likeness (QED) is 0.822. The number of benzene rings is 1. The maximum atomic E-state index is 11.2. The first-order valence-corrected chi connectivity index (χ1v) is 7.62. The molecule has 0 aliphatic rings. The Balaban J connectivity index is 2.01. The summed E-state index contributed by atoms with van der Waals surface area (Å²) in [5.74, 6) is 0.105. The van der Waals surface area contributed by atoms with Crippen molar-refractivity contribution in [2.24, 2.45) is 0 Å². The first-order chi connectivity index (χ1) is 10.1. The molecule has 2 aromatic rings. The molecule has 21 heavy (non-hydrogen) atoms. The topological polar surface area (TPSA) is 46.1 Å². The second-order valence-corrected chi connectivity index (χ2v) is 5.71. The summed E-state index contributed by atoms with van der Waals surface area (Å²) in [5.41, 5.74) is 2.54. The Morgan fingerprint density at radius 1 is 1.29 bits per heavy atom. The van der Waals surface area contributed by atoms with E-state index in [-0.39, 0.29) is 5.91 Å². The molecule has 1 amide bonds. The highest BCUT2D eigenvalue weighted by Gasteiger charge is 2.04. The van der Waals surface area contributed by atoms with Crippen LogP contribution in [0.5, 0.6) is 0 Å². The summed E-state index contributed by atoms with van der Waals surface area (Å²) >= 11 is 0. The average Bonchev–Trinajstić information content (AvgIpc) is 2.87. The summed E-state index contributed by atoms with van der Waals surface area (Å²) < 4.78 is 2.22. The Morgan fingerprint density at radius 2 is 2.10 bits per heavy atom. The van der Waals surface area contributed by atoms with E-state index in [0.29, 0.717) is 12.5 Å². The Morgan fingerprint density at radius 3 is 2.81 bits per heavy atom. The van der Waals surface area contributed by atoms with Crippen LogP contribution in [0.25, 0.3) is 10.9 Å². The smallest absolute Gasteiger partial charge is 0.219 e. The van der Waals surface area contributed by atoms with Gasteiger partial charge in [-0.15, -0.1) is 0 Å². The van der Waals surface area contributed by atoms with Gasteiger partial charge in [-0.05, 0) is 35.6 Å². The Kier molecular flexibility index (Phi) is 5.39. The highest BCUT2D eigenvalue weighted by atomic mass is 16.1. The molecule has 2 N–H and O–H groups in total. The van der Waals surface area contributed by atoms with Crippen molar-refractivity contribution in [3.8, 4) is 0 Å². The number of carbonyl (C=O) groups excluding carboxylic acids is 1. The lowest BCUT2D eigenvalue weighted by atomic mass is 10.1. The zero-order valence-electron chi connectivity index (χ0n) is 13.1. The molecule has 0 atom stereocenters. The Labute approximate surface area is 126 Å². The van der Waals surface area contributed by atoms with Crippen molar-refractivity contribution >= 4 is 16.8 Å². The van der Waals surface area contributed by atoms with Crippen molar-refractivity contribution in [1.82, 2.24) is 15.2 Å². The van der Waals surface area contributed by atoms with E-state index in [9.17, 15) is 4.79 Å². The van der Waals surface area contributed by atoms with Gasteiger partial charge in [0.2, 0.25) is 5.91 Å². The van der Waals surface area contributed by atoms with Crippen LogP contribution in [0.4, 0.5) is 0 Å². The molecule has 4 heteroatoms. The van der Waals surface area contributed by atoms with Gasteiger partial charge in [-0.25, -0.2) is 0 Å². The van der Waals surface area contributed by atoms with E-state index in [1.165, 1.54) is 16.5 Å². The van der Waals surface area contributed by atoms with E-state index in [4.69, 9.17) is 0 Å². The van der Waals surface area contributed by atoms with Gasteiger partial charge in [-0.1, -0.05) is 19.9 Å². The van der Waals surface area contributed by atoms with E-state index in [1.807, 2.05) is 0 Å². The van der Waals surface area contributed by atoms with Gasteiger partial charge in [-0.2, -0.15) is 0 Å². The molecule has 0 unspecified atom stereocenters. The van der Waals surface area contributed by atoms with Crippen LogP contribution in [0.1, 0.15) is 32.3 Å². The zero-order chi connectivity index (χ0) is 15.2. The lowest BCUT2D eigenvalue weighted by molar-refractivity contribution is -0.120. The predicted octanol–water partition coefficient (Wildman–Crippen LogP) is 2.67. The van der Waals surface area contributed by atoms with Crippen molar-refractivity contribution in [3.63, 3.8) is 0 Å². The third kappa shape index (κ3) is 4.33. The number of hydrogen-bond acceptors (Lipinski definition) is 2. The molecule has 114 valence electrons. The number of nitrogens with zero attached hydrogens (tertiary/aromatic N) is 1. The summed E-state index contributed by atoms with van der Waals surface area (Å²) in [5, 5.41) is 7.35. The standard InChI is InChI=1S/C17H25N3O/c1-13(2)19-12-14-6-7-16-15(11-14)8-10-20(16)9-4-5-17(21)18-3/h6-8,10-11,13,19H,4-5,9,12H2,1-3H3,(H,18,21). The van der Waals surface area contributed by atoms with Crippen LogP contribution in [-0.4, -0.2) is 23.6 Å². The van der Waals surface area contributed by atoms with Gasteiger partial charge < -0.3 is 15.2 Å². The van der Waals surface area contributed by atoms with Gasteiger partial charge in [-0.3, -0.25) is 4.79 Å². The van der Waals surface area contributed by atoms with Crippen molar-refractivity contribution in [1.29, 1.82) is 0 Å². The van der Waals surface area contributed by atoms with E-state index in [2.05, 4.69) is 59.5 Å². The minimum Gasteiger partial charge on any atom is -0.359 e. The molecule has 0 radical (unpaired) electrons. The third-order valence-electron chi connectivity index (χ3n) is 3.63. The van der Waals surface area contributed by atoms with Crippen LogP contribution < -0.4 is 10.6 Å². The molecular weight excluding hydrogens is 262 g/mol. The molecule has 0 fully saturated rings. The molecule has 1 aromatic heterocycles. The van der Waals surface area contributed by atoms with E-state index in [1.54, 1.807) is 7.05 Å². The highest BCUT2D eigenvalue weighted by molar-refractivity contribution is 5.81. The Bertz CT molecular complexity index is 601. The number of aromatic nitrogens is 1.